The van der Waals surface area contributed by atoms with Gasteiger partial charge in [0.25, 0.3) is 0 Å². The molecule has 0 saturated carbocycles. The summed E-state index contributed by atoms with van der Waals surface area (Å²) in [7, 11) is 0. The molecule has 0 radical (unpaired) electrons. The summed E-state index contributed by atoms with van der Waals surface area (Å²) in [5.74, 6) is 0. The fraction of sp³-hybridized carbons (Fsp3) is 0. The fourth-order valence-electron chi connectivity index (χ4n) is 1.34. The van der Waals surface area contributed by atoms with Crippen LogP contribution >= 0.6 is 46.4 Å². The van der Waals surface area contributed by atoms with Crippen LogP contribution < -0.4 is 0 Å². The molecular weight excluding hydrogens is 288 g/mol. The van der Waals surface area contributed by atoms with Crippen LogP contribution in [0.15, 0.2) is 30.5 Å². The molecule has 0 N–H and O–H groups in total. The Hall–Kier alpha value is -0.470. The first kappa shape index (κ1) is 12.0. The highest BCUT2D eigenvalue weighted by Crippen LogP contribution is 2.38. The summed E-state index contributed by atoms with van der Waals surface area (Å²) in [5.41, 5.74) is 1.46. The molecule has 0 saturated heterocycles. The molecule has 0 fully saturated rings. The molecule has 0 aliphatic rings. The van der Waals surface area contributed by atoms with Crippen LogP contribution in [0.1, 0.15) is 0 Å². The largest absolute Gasteiger partial charge is 0.243 e. The standard InChI is InChI=1S/C11H5Cl4N/c12-8-3-1-2-6(9(8)13)7-4-5-16-11(15)10(7)14/h1-5H. The summed E-state index contributed by atoms with van der Waals surface area (Å²) in [5, 5.41) is 1.54. The zero-order chi connectivity index (χ0) is 11.7. The van der Waals surface area contributed by atoms with Gasteiger partial charge in [-0.15, -0.1) is 0 Å². The molecule has 0 aliphatic carbocycles. The Morgan fingerprint density at radius 1 is 0.812 bits per heavy atom. The molecule has 2 aromatic rings. The average molecular weight is 293 g/mol. The van der Waals surface area contributed by atoms with E-state index in [1.807, 2.05) is 6.07 Å². The van der Waals surface area contributed by atoms with Gasteiger partial charge in [0, 0.05) is 17.3 Å². The van der Waals surface area contributed by atoms with Crippen molar-refractivity contribution in [2.24, 2.45) is 0 Å². The van der Waals surface area contributed by atoms with Gasteiger partial charge in [0.1, 0.15) is 5.15 Å². The zero-order valence-electron chi connectivity index (χ0n) is 7.85. The van der Waals surface area contributed by atoms with E-state index in [1.165, 1.54) is 0 Å². The molecule has 82 valence electrons. The van der Waals surface area contributed by atoms with E-state index in [-0.39, 0.29) is 5.15 Å². The minimum atomic E-state index is 0.246. The summed E-state index contributed by atoms with van der Waals surface area (Å²) in [4.78, 5) is 3.87. The normalized spacial score (nSPS) is 10.5. The van der Waals surface area contributed by atoms with Crippen LogP contribution in [0.2, 0.25) is 20.2 Å². The van der Waals surface area contributed by atoms with Crippen molar-refractivity contribution in [3.05, 3.63) is 50.7 Å². The Labute approximate surface area is 113 Å². The van der Waals surface area contributed by atoms with Crippen molar-refractivity contribution in [2.75, 3.05) is 0 Å². The van der Waals surface area contributed by atoms with Crippen LogP contribution in [0.25, 0.3) is 11.1 Å². The fourth-order valence-corrected chi connectivity index (χ4v) is 2.11. The average Bonchev–Trinajstić information content (AvgIpc) is 2.27. The quantitative estimate of drug-likeness (QED) is 0.645. The third-order valence-corrected chi connectivity index (χ3v) is 3.67. The summed E-state index contributed by atoms with van der Waals surface area (Å²) in [6.07, 6.45) is 1.57. The van der Waals surface area contributed by atoms with Crippen molar-refractivity contribution < 1.29 is 0 Å². The van der Waals surface area contributed by atoms with E-state index in [9.17, 15) is 0 Å². The van der Waals surface area contributed by atoms with Crippen molar-refractivity contribution in [1.29, 1.82) is 0 Å². The molecule has 5 heteroatoms. The summed E-state index contributed by atoms with van der Waals surface area (Å²) < 4.78 is 0. The van der Waals surface area contributed by atoms with Gasteiger partial charge in [-0.1, -0.05) is 58.5 Å². The van der Waals surface area contributed by atoms with Crippen molar-refractivity contribution in [1.82, 2.24) is 4.98 Å². The van der Waals surface area contributed by atoms with Gasteiger partial charge in [-0.05, 0) is 12.1 Å². The van der Waals surface area contributed by atoms with Crippen molar-refractivity contribution in [3.63, 3.8) is 0 Å². The third kappa shape index (κ3) is 2.14. The topological polar surface area (TPSA) is 12.9 Å². The SMILES string of the molecule is Clc1cccc(-c2ccnc(Cl)c2Cl)c1Cl. The summed E-state index contributed by atoms with van der Waals surface area (Å²) in [6, 6.07) is 7.08. The Balaban J connectivity index is 2.68. The predicted octanol–water partition coefficient (Wildman–Crippen LogP) is 5.36. The van der Waals surface area contributed by atoms with Gasteiger partial charge in [-0.25, -0.2) is 4.98 Å². The lowest BCUT2D eigenvalue weighted by Crippen LogP contribution is -1.85. The maximum absolute atomic E-state index is 6.10. The summed E-state index contributed by atoms with van der Waals surface area (Å²) in [6.45, 7) is 0. The molecule has 16 heavy (non-hydrogen) atoms. The molecule has 0 spiro atoms. The lowest BCUT2D eigenvalue weighted by Gasteiger charge is -2.08. The van der Waals surface area contributed by atoms with Crippen LogP contribution in [0, 0.1) is 0 Å². The lowest BCUT2D eigenvalue weighted by molar-refractivity contribution is 1.33. The number of nitrogens with zero attached hydrogens (tertiary/aromatic N) is 1. The number of halogens is 4. The number of aromatic nitrogens is 1. The Morgan fingerprint density at radius 2 is 1.50 bits per heavy atom. The highest BCUT2D eigenvalue weighted by atomic mass is 35.5. The number of rotatable bonds is 1. The van der Waals surface area contributed by atoms with Crippen LogP contribution in [0.4, 0.5) is 0 Å². The molecule has 1 nitrogen and oxygen atoms in total. The third-order valence-electron chi connectivity index (χ3n) is 2.09. The van der Waals surface area contributed by atoms with Crippen LogP contribution in [0.5, 0.6) is 0 Å². The second-order valence-electron chi connectivity index (χ2n) is 3.06. The van der Waals surface area contributed by atoms with Gasteiger partial charge in [-0.3, -0.25) is 0 Å². The van der Waals surface area contributed by atoms with Gasteiger partial charge in [-0.2, -0.15) is 0 Å². The second kappa shape index (κ2) is 4.80. The molecule has 0 atom stereocenters. The maximum Gasteiger partial charge on any atom is 0.148 e. The first-order chi connectivity index (χ1) is 7.61. The number of pyridine rings is 1. The predicted molar refractivity (Wildman–Crippen MR) is 69.7 cm³/mol. The van der Waals surface area contributed by atoms with E-state index in [2.05, 4.69) is 4.98 Å². The van der Waals surface area contributed by atoms with Crippen molar-refractivity contribution >= 4 is 46.4 Å². The zero-order valence-corrected chi connectivity index (χ0v) is 10.9. The first-order valence-corrected chi connectivity index (χ1v) is 5.87. The van der Waals surface area contributed by atoms with Crippen LogP contribution in [-0.4, -0.2) is 4.98 Å². The van der Waals surface area contributed by atoms with Crippen molar-refractivity contribution in [2.45, 2.75) is 0 Å². The van der Waals surface area contributed by atoms with Crippen LogP contribution in [-0.2, 0) is 0 Å². The molecule has 0 amide bonds. The molecule has 0 unspecified atom stereocenters. The van der Waals surface area contributed by atoms with Gasteiger partial charge in [0.2, 0.25) is 0 Å². The highest BCUT2D eigenvalue weighted by molar-refractivity contribution is 6.45. The number of hydrogen-bond acceptors (Lipinski definition) is 1. The number of hydrogen-bond donors (Lipinski definition) is 0. The smallest absolute Gasteiger partial charge is 0.148 e. The molecule has 1 heterocycles. The Morgan fingerprint density at radius 3 is 2.25 bits per heavy atom. The Bertz CT molecular complexity index is 490. The minimum absolute atomic E-state index is 0.246. The van der Waals surface area contributed by atoms with Gasteiger partial charge in [0.05, 0.1) is 15.1 Å². The van der Waals surface area contributed by atoms with Gasteiger partial charge < -0.3 is 0 Å². The van der Waals surface area contributed by atoms with E-state index >= 15 is 0 Å². The minimum Gasteiger partial charge on any atom is -0.243 e. The summed E-state index contributed by atoms with van der Waals surface area (Å²) >= 11 is 23.9. The monoisotopic (exact) mass is 291 g/mol. The maximum atomic E-state index is 6.10. The van der Waals surface area contributed by atoms with Gasteiger partial charge in [0.15, 0.2) is 0 Å². The molecule has 2 rings (SSSR count). The van der Waals surface area contributed by atoms with Crippen molar-refractivity contribution in [3.8, 4) is 11.1 Å². The van der Waals surface area contributed by atoms with E-state index in [1.54, 1.807) is 24.4 Å². The molecule has 1 aromatic carbocycles. The highest BCUT2D eigenvalue weighted by Gasteiger charge is 2.12. The molecule has 0 bridgehead atoms. The Kier molecular flexibility index (Phi) is 3.60. The second-order valence-corrected chi connectivity index (χ2v) is 4.59. The van der Waals surface area contributed by atoms with Crippen LogP contribution in [0.3, 0.4) is 0 Å². The van der Waals surface area contributed by atoms with E-state index in [0.717, 1.165) is 5.56 Å². The number of benzene rings is 1. The van der Waals surface area contributed by atoms with E-state index in [0.29, 0.717) is 20.6 Å². The molecular formula is C11H5Cl4N. The molecule has 1 aromatic heterocycles. The first-order valence-electron chi connectivity index (χ1n) is 4.35. The molecule has 0 aliphatic heterocycles. The van der Waals surface area contributed by atoms with Gasteiger partial charge >= 0.3 is 0 Å². The van der Waals surface area contributed by atoms with E-state index in [4.69, 9.17) is 46.4 Å². The van der Waals surface area contributed by atoms with E-state index < -0.39 is 0 Å². The lowest BCUT2D eigenvalue weighted by atomic mass is 10.1.